The maximum absolute atomic E-state index is 15.2. The van der Waals surface area contributed by atoms with Crippen molar-refractivity contribution in [1.29, 1.82) is 0 Å². The molecule has 4 nitrogen and oxygen atoms in total. The van der Waals surface area contributed by atoms with Gasteiger partial charge in [0, 0.05) is 46.1 Å². The van der Waals surface area contributed by atoms with Gasteiger partial charge in [0.05, 0.1) is 19.3 Å². The highest BCUT2D eigenvalue weighted by atomic mass is 16.3. The van der Waals surface area contributed by atoms with Crippen molar-refractivity contribution in [3.63, 3.8) is 0 Å². The number of hydrogen-bond donors (Lipinski definition) is 1. The quantitative estimate of drug-likeness (QED) is 0.531. The van der Waals surface area contributed by atoms with E-state index in [9.17, 15) is 5.11 Å². The van der Waals surface area contributed by atoms with Gasteiger partial charge in [-0.2, -0.15) is 0 Å². The second kappa shape index (κ2) is 10.1. The topological polar surface area (TPSA) is 43.8 Å². The molecule has 4 heteroatoms. The summed E-state index contributed by atoms with van der Waals surface area (Å²) in [5.41, 5.74) is -10.3. The molecule has 3 aromatic carbocycles. The summed E-state index contributed by atoms with van der Waals surface area (Å²) in [6.07, 6.45) is -9.47. The largest absolute Gasteiger partial charge is 0.385 e. The Kier molecular flexibility index (Phi) is 2.48. The summed E-state index contributed by atoms with van der Waals surface area (Å²) in [6.45, 7) is -16.0. The third kappa shape index (κ3) is 4.79. The van der Waals surface area contributed by atoms with Gasteiger partial charge < -0.3 is 14.9 Å². The average Bonchev–Trinajstić information content (AvgIpc) is 3.09. The third-order valence-corrected chi connectivity index (χ3v) is 5.35. The zero-order chi connectivity index (χ0) is 45.1. The zero-order valence-corrected chi connectivity index (χ0v) is 18.0. The van der Waals surface area contributed by atoms with Crippen LogP contribution in [-0.4, -0.2) is 54.3 Å². The number of rotatable bonds is 7. The van der Waals surface area contributed by atoms with Crippen molar-refractivity contribution in [3.05, 3.63) is 107 Å². The summed E-state index contributed by atoms with van der Waals surface area (Å²) in [4.78, 5) is 14.2. The summed E-state index contributed by atoms with van der Waals surface area (Å²) in [5.74, 6) is -2.33. The van der Waals surface area contributed by atoms with Gasteiger partial charge in [-0.25, -0.2) is 0 Å². The number of hydrogen-bond acceptors (Lipinski definition) is 3. The molecule has 1 aliphatic rings. The van der Waals surface area contributed by atoms with E-state index in [0.29, 0.717) is 5.56 Å². The Labute approximate surface area is 237 Å². The lowest BCUT2D eigenvalue weighted by Gasteiger charge is -2.41. The normalized spacial score (nSPS) is 33.1. The van der Waals surface area contributed by atoms with E-state index in [-0.39, 0.29) is 4.90 Å². The molecule has 0 saturated carbocycles. The van der Waals surface area contributed by atoms with Gasteiger partial charge in [-0.15, -0.1) is 0 Å². The number of likely N-dealkylation sites (tertiary alicyclic amines) is 1. The van der Waals surface area contributed by atoms with Crippen LogP contribution in [0.4, 0.5) is 0 Å². The molecule has 34 heavy (non-hydrogen) atoms. The van der Waals surface area contributed by atoms with Crippen molar-refractivity contribution >= 4 is 5.91 Å². The molecule has 1 heterocycles. The summed E-state index contributed by atoms with van der Waals surface area (Å²) in [6, 6.07) is -8.31. The number of aryl methyl sites for hydroxylation is 1. The number of benzene rings is 3. The Morgan fingerprint density at radius 2 is 1.56 bits per heavy atom. The molecule has 0 atom stereocenters. The van der Waals surface area contributed by atoms with Gasteiger partial charge in [0.1, 0.15) is 5.41 Å². The Bertz CT molecular complexity index is 1980. The van der Waals surface area contributed by atoms with E-state index in [1.807, 2.05) is 0 Å². The number of piperidine rings is 1. The van der Waals surface area contributed by atoms with Gasteiger partial charge in [-0.1, -0.05) is 90.3 Å². The number of likely N-dealkylation sites (N-methyl/N-ethyl adjacent to an activating group) is 1. The van der Waals surface area contributed by atoms with Crippen LogP contribution in [0.3, 0.4) is 0 Å². The van der Waals surface area contributed by atoms with Crippen molar-refractivity contribution in [3.8, 4) is 0 Å². The lowest BCUT2D eigenvalue weighted by atomic mass is 9.70. The summed E-state index contributed by atoms with van der Waals surface area (Å²) >= 11 is 0. The lowest BCUT2D eigenvalue weighted by molar-refractivity contribution is -0.133. The minimum absolute atomic E-state index is 0.190. The molecule has 0 bridgehead atoms. The minimum Gasteiger partial charge on any atom is -0.385 e. The fourth-order valence-electron chi connectivity index (χ4n) is 3.50. The van der Waals surface area contributed by atoms with Crippen molar-refractivity contribution in [2.75, 3.05) is 33.5 Å². The van der Waals surface area contributed by atoms with Crippen molar-refractivity contribution in [1.82, 2.24) is 9.80 Å². The molecule has 178 valence electrons. The summed E-state index contributed by atoms with van der Waals surface area (Å²) in [5, 5.41) is 12.0. The molecule has 1 fully saturated rings. The van der Waals surface area contributed by atoms with Gasteiger partial charge in [0.15, 0.2) is 0 Å². The highest BCUT2D eigenvalue weighted by Crippen LogP contribution is 2.39. The number of carbonyl (C=O) groups is 1. The van der Waals surface area contributed by atoms with E-state index < -0.39 is 152 Å². The Balaban J connectivity index is 2.26. The molecular weight excluding hydrogens is 420 g/mol. The molecular formula is C30H36N2O2. The monoisotopic (exact) mass is 480 g/mol. The minimum atomic E-state index is -4.05. The number of nitrogens with zero attached hydrogens (tertiary/aromatic N) is 2. The van der Waals surface area contributed by atoms with E-state index in [1.165, 1.54) is 12.1 Å². The molecule has 1 saturated heterocycles. The predicted molar refractivity (Wildman–Crippen MR) is 138 cm³/mol. The molecule has 0 spiro atoms. The lowest BCUT2D eigenvalue weighted by Crippen LogP contribution is -2.48. The van der Waals surface area contributed by atoms with Gasteiger partial charge in [-0.3, -0.25) is 4.79 Å². The molecule has 1 N–H and O–H groups in total. The smallest absolute Gasteiger partial charge is 0.237 e. The summed E-state index contributed by atoms with van der Waals surface area (Å²) in [7, 11) is 0. The molecule has 1 amide bonds. The molecule has 4 rings (SSSR count). The molecule has 0 unspecified atom stereocenters. The third-order valence-electron chi connectivity index (χ3n) is 5.35. The molecule has 0 aromatic heterocycles. The number of aliphatic hydroxyl groups is 1. The maximum Gasteiger partial charge on any atom is 0.237 e. The first kappa shape index (κ1) is 8.32. The number of carbonyl (C=O) groups excluding carboxylic acids is 1. The van der Waals surface area contributed by atoms with Gasteiger partial charge in [0.2, 0.25) is 5.91 Å². The van der Waals surface area contributed by atoms with Crippen LogP contribution in [0, 0.1) is 6.92 Å². The van der Waals surface area contributed by atoms with Crippen LogP contribution in [0.2, 0.25) is 0 Å². The van der Waals surface area contributed by atoms with Crippen molar-refractivity contribution in [2.45, 2.75) is 37.1 Å². The van der Waals surface area contributed by atoms with E-state index in [0.717, 1.165) is 12.1 Å². The second-order valence-electron chi connectivity index (χ2n) is 7.50. The van der Waals surface area contributed by atoms with Crippen LogP contribution in [-0.2, 0) is 15.8 Å². The first-order valence-corrected chi connectivity index (χ1v) is 10.0. The fourth-order valence-corrected chi connectivity index (χ4v) is 3.50. The zero-order valence-electron chi connectivity index (χ0n) is 42.0. The van der Waals surface area contributed by atoms with E-state index in [4.69, 9.17) is 32.9 Å². The van der Waals surface area contributed by atoms with Gasteiger partial charge in [0.25, 0.3) is 0 Å². The second-order valence-corrected chi connectivity index (χ2v) is 7.50. The molecule has 3 aromatic rings. The van der Waals surface area contributed by atoms with Crippen LogP contribution in [0.5, 0.6) is 0 Å². The van der Waals surface area contributed by atoms with Crippen molar-refractivity contribution < 1.29 is 42.8 Å². The fraction of sp³-hybridized carbons (Fsp3) is 0.367. The van der Waals surface area contributed by atoms with Gasteiger partial charge in [-0.05, 0) is 49.3 Å². The predicted octanol–water partition coefficient (Wildman–Crippen LogP) is 4.74. The van der Waals surface area contributed by atoms with Crippen LogP contribution < -0.4 is 0 Å². The van der Waals surface area contributed by atoms with Crippen LogP contribution >= 0.6 is 0 Å². The Morgan fingerprint density at radius 3 is 2.06 bits per heavy atom. The van der Waals surface area contributed by atoms with Crippen LogP contribution in [0.1, 0.15) is 74.3 Å². The standard InChI is InChI=1S/C30H36N2O2/c1-24-14-16-25(17-15-24)29(34)18-21-32(22-19-29)23-20-30(28(33)31(2)3,26-10-6-4-7-11-26)27-12-8-5-9-13-27/h4-17,34H,18-23H2,1-3H3/i2D3,3D3,4D,5D,6D,7D,8D,9D,10D,11D,12D,13D,18D2,19D2,21D2,22D2. The number of amides is 1. The van der Waals surface area contributed by atoms with Crippen molar-refractivity contribution in [2.24, 2.45) is 0 Å². The first-order valence-electron chi connectivity index (χ1n) is 22.0. The first-order chi connectivity index (χ1) is 26.0. The highest BCUT2D eigenvalue weighted by Gasteiger charge is 2.43. The van der Waals surface area contributed by atoms with Crippen LogP contribution in [0.25, 0.3) is 0 Å². The SMILES string of the molecule is [2H]c1c([2H])c([2H])c(C(CCN2C([2H])([2H])C([2H])([2H])C(O)(c3ccc(C)cc3)C([2H])([2H])C2([2H])[2H])(C(=O)N(C([2H])([2H])[2H])C([2H])([2H])[2H])c2c([2H])c([2H])c([2H])c([2H])c2[2H])c([2H])c1[2H]. The van der Waals surface area contributed by atoms with E-state index in [2.05, 4.69) is 0 Å². The van der Waals surface area contributed by atoms with E-state index >= 15 is 4.79 Å². The molecule has 0 radical (unpaired) electrons. The Morgan fingerprint density at radius 1 is 1.03 bits per heavy atom. The molecule has 1 aliphatic heterocycles. The van der Waals surface area contributed by atoms with E-state index in [1.54, 1.807) is 6.92 Å². The van der Waals surface area contributed by atoms with Crippen LogP contribution in [0.15, 0.2) is 84.7 Å². The average molecular weight is 481 g/mol. The van der Waals surface area contributed by atoms with Gasteiger partial charge >= 0.3 is 0 Å². The Hall–Kier alpha value is -2.95. The highest BCUT2D eigenvalue weighted by molar-refractivity contribution is 5.91. The summed E-state index contributed by atoms with van der Waals surface area (Å²) < 4.78 is 205. The maximum atomic E-state index is 15.2. The molecule has 0 aliphatic carbocycles.